The highest BCUT2D eigenvalue weighted by atomic mass is 15.0. The summed E-state index contributed by atoms with van der Waals surface area (Å²) in [5, 5.41) is 8.17. The minimum Gasteiger partial charge on any atom is -0.239 e. The van der Waals surface area contributed by atoms with Crippen LogP contribution >= 0.6 is 0 Å². The number of rotatable bonds is 0. The number of piperazine rings is 1. The molecule has 0 atom stereocenters. The van der Waals surface area contributed by atoms with Crippen LogP contribution in [0.3, 0.4) is 0 Å². The molecule has 0 N–H and O–H groups in total. The van der Waals surface area contributed by atoms with Crippen LogP contribution in [0, 0.1) is 0 Å². The molecule has 1 rings (SSSR count). The van der Waals surface area contributed by atoms with Crippen molar-refractivity contribution in [3.63, 3.8) is 0 Å². The van der Waals surface area contributed by atoms with Gasteiger partial charge in [-0.2, -0.15) is 0 Å². The summed E-state index contributed by atoms with van der Waals surface area (Å²) in [6.45, 7) is 3.83. The van der Waals surface area contributed by atoms with Gasteiger partial charge < -0.3 is 0 Å². The van der Waals surface area contributed by atoms with Crippen molar-refractivity contribution < 1.29 is 0 Å². The van der Waals surface area contributed by atoms with Crippen molar-refractivity contribution in [3.8, 4) is 0 Å². The lowest BCUT2D eigenvalue weighted by Crippen LogP contribution is -2.30. The highest BCUT2D eigenvalue weighted by Crippen LogP contribution is 1.71. The molecule has 2 radical (unpaired) electrons. The van der Waals surface area contributed by atoms with E-state index in [4.69, 9.17) is 0 Å². The van der Waals surface area contributed by atoms with Crippen LogP contribution < -0.4 is 10.6 Å². The second-order valence-corrected chi connectivity index (χ2v) is 1.34. The number of hydrogen-bond donors (Lipinski definition) is 0. The molecule has 0 aromatic rings. The smallest absolute Gasteiger partial charge is 0.0275 e. The first-order chi connectivity index (χ1) is 3.00. The molecule has 0 aromatic carbocycles. The predicted molar refractivity (Wildman–Crippen MR) is 23.7 cm³/mol. The van der Waals surface area contributed by atoms with Crippen molar-refractivity contribution >= 4 is 0 Å². The van der Waals surface area contributed by atoms with Crippen molar-refractivity contribution in [2.24, 2.45) is 0 Å². The van der Waals surface area contributed by atoms with E-state index in [1.165, 1.54) is 0 Å². The largest absolute Gasteiger partial charge is 0.239 e. The van der Waals surface area contributed by atoms with Crippen LogP contribution in [0.1, 0.15) is 0 Å². The van der Waals surface area contributed by atoms with E-state index in [2.05, 4.69) is 10.6 Å². The Labute approximate surface area is 37.9 Å². The summed E-state index contributed by atoms with van der Waals surface area (Å²) < 4.78 is 0. The van der Waals surface area contributed by atoms with Gasteiger partial charge in [-0.1, -0.05) is 0 Å². The third-order valence-electron chi connectivity index (χ3n) is 0.832. The molecule has 2 nitrogen and oxygen atoms in total. The number of hydrogen-bond acceptors (Lipinski definition) is 0. The van der Waals surface area contributed by atoms with Gasteiger partial charge in [-0.3, -0.25) is 0 Å². The Kier molecular flexibility index (Phi) is 1.47. The van der Waals surface area contributed by atoms with E-state index in [0.717, 1.165) is 26.2 Å². The molecule has 0 amide bonds. The molecule has 1 aliphatic heterocycles. The molecule has 0 spiro atoms. The Hall–Kier alpha value is -0.0800. The fourth-order valence-electron chi connectivity index (χ4n) is 0.506. The molecule has 0 saturated carbocycles. The average molecular weight is 84.1 g/mol. The Morgan fingerprint density at radius 1 is 0.667 bits per heavy atom. The van der Waals surface area contributed by atoms with Crippen LogP contribution in [-0.4, -0.2) is 26.2 Å². The van der Waals surface area contributed by atoms with Gasteiger partial charge >= 0.3 is 0 Å². The van der Waals surface area contributed by atoms with E-state index < -0.39 is 0 Å². The predicted octanol–water partition coefficient (Wildman–Crippen LogP) is -0.791. The van der Waals surface area contributed by atoms with E-state index in [-0.39, 0.29) is 0 Å². The van der Waals surface area contributed by atoms with Gasteiger partial charge in [0.15, 0.2) is 0 Å². The first kappa shape index (κ1) is 4.09. The fraction of sp³-hybridized carbons (Fsp3) is 1.00. The fourth-order valence-corrected chi connectivity index (χ4v) is 0.506. The molecule has 0 unspecified atom stereocenters. The van der Waals surface area contributed by atoms with Crippen LogP contribution in [-0.2, 0) is 0 Å². The molecule has 6 heavy (non-hydrogen) atoms. The van der Waals surface area contributed by atoms with Gasteiger partial charge in [-0.15, -0.1) is 0 Å². The first-order valence-corrected chi connectivity index (χ1v) is 2.26. The maximum atomic E-state index is 4.08. The van der Waals surface area contributed by atoms with Crippen LogP contribution in [0.4, 0.5) is 0 Å². The highest BCUT2D eigenvalue weighted by Gasteiger charge is 1.95. The molecule has 0 aromatic heterocycles. The molecule has 2 heteroatoms. The summed E-state index contributed by atoms with van der Waals surface area (Å²) in [5.74, 6) is 0. The molecule has 0 bridgehead atoms. The monoisotopic (exact) mass is 84.1 g/mol. The zero-order valence-corrected chi connectivity index (χ0v) is 3.72. The van der Waals surface area contributed by atoms with Gasteiger partial charge in [0.25, 0.3) is 0 Å². The Morgan fingerprint density at radius 2 is 1.00 bits per heavy atom. The second-order valence-electron chi connectivity index (χ2n) is 1.34. The summed E-state index contributed by atoms with van der Waals surface area (Å²) in [5.41, 5.74) is 0. The van der Waals surface area contributed by atoms with Crippen molar-refractivity contribution in [3.05, 3.63) is 0 Å². The highest BCUT2D eigenvalue weighted by molar-refractivity contribution is 4.58. The molecule has 1 aliphatic rings. The second kappa shape index (κ2) is 2.16. The van der Waals surface area contributed by atoms with E-state index in [9.17, 15) is 0 Å². The van der Waals surface area contributed by atoms with Crippen LogP contribution in [0.15, 0.2) is 0 Å². The maximum absolute atomic E-state index is 4.08. The van der Waals surface area contributed by atoms with E-state index in [0.29, 0.717) is 0 Å². The van der Waals surface area contributed by atoms with Gasteiger partial charge in [0.2, 0.25) is 0 Å². The lowest BCUT2D eigenvalue weighted by molar-refractivity contribution is 0.517. The van der Waals surface area contributed by atoms with E-state index in [1.54, 1.807) is 0 Å². The number of nitrogens with zero attached hydrogens (tertiary/aromatic N) is 2. The lowest BCUT2D eigenvalue weighted by Gasteiger charge is -2.07. The molecule has 1 fully saturated rings. The van der Waals surface area contributed by atoms with Crippen molar-refractivity contribution in [2.45, 2.75) is 0 Å². The van der Waals surface area contributed by atoms with E-state index in [1.807, 2.05) is 0 Å². The lowest BCUT2D eigenvalue weighted by atomic mass is 10.4. The zero-order valence-electron chi connectivity index (χ0n) is 3.72. The molecule has 1 heterocycles. The summed E-state index contributed by atoms with van der Waals surface area (Å²) in [4.78, 5) is 0. The SMILES string of the molecule is C1C[N]CC[N]1. The summed E-state index contributed by atoms with van der Waals surface area (Å²) >= 11 is 0. The Balaban J connectivity index is 2.00. The van der Waals surface area contributed by atoms with Gasteiger partial charge in [0.05, 0.1) is 0 Å². The van der Waals surface area contributed by atoms with Gasteiger partial charge in [0.1, 0.15) is 0 Å². The van der Waals surface area contributed by atoms with Crippen LogP contribution in [0.25, 0.3) is 0 Å². The average Bonchev–Trinajstić information content (AvgIpc) is 1.72. The maximum Gasteiger partial charge on any atom is 0.0275 e. The molecule has 1 saturated heterocycles. The Morgan fingerprint density at radius 3 is 1.17 bits per heavy atom. The summed E-state index contributed by atoms with van der Waals surface area (Å²) in [6.07, 6.45) is 0. The van der Waals surface area contributed by atoms with Crippen molar-refractivity contribution in [2.75, 3.05) is 26.2 Å². The minimum atomic E-state index is 0.958. The topological polar surface area (TPSA) is 28.2 Å². The Bertz CT molecular complexity index is 21.0. The quantitative estimate of drug-likeness (QED) is 0.368. The van der Waals surface area contributed by atoms with Gasteiger partial charge in [-0.25, -0.2) is 10.6 Å². The van der Waals surface area contributed by atoms with Crippen molar-refractivity contribution in [1.82, 2.24) is 10.6 Å². The molecular formula is C4H8N2. The van der Waals surface area contributed by atoms with Gasteiger partial charge in [-0.05, 0) is 0 Å². The molecular weight excluding hydrogens is 76.1 g/mol. The molecule has 0 aliphatic carbocycles. The van der Waals surface area contributed by atoms with Crippen molar-refractivity contribution in [1.29, 1.82) is 0 Å². The zero-order chi connectivity index (χ0) is 4.24. The molecule has 34 valence electrons. The minimum absolute atomic E-state index is 0.958. The first-order valence-electron chi connectivity index (χ1n) is 2.26. The standard InChI is InChI=1S/C4H8N2/c1-2-6-4-3-5-1/h1-4H2. The van der Waals surface area contributed by atoms with Crippen LogP contribution in [0.5, 0.6) is 0 Å². The van der Waals surface area contributed by atoms with E-state index >= 15 is 0 Å². The van der Waals surface area contributed by atoms with Crippen LogP contribution in [0.2, 0.25) is 0 Å². The third kappa shape index (κ3) is 0.954. The summed E-state index contributed by atoms with van der Waals surface area (Å²) in [7, 11) is 0. The normalized spacial score (nSPS) is 24.0. The summed E-state index contributed by atoms with van der Waals surface area (Å²) in [6, 6.07) is 0. The van der Waals surface area contributed by atoms with Gasteiger partial charge in [0, 0.05) is 26.2 Å². The third-order valence-corrected chi connectivity index (χ3v) is 0.832.